The molecule has 21 heavy (non-hydrogen) atoms. The Hall–Kier alpha value is -3.06. The highest BCUT2D eigenvalue weighted by atomic mass is 19.1. The van der Waals surface area contributed by atoms with Crippen molar-refractivity contribution in [3.8, 4) is 23.3 Å². The fraction of sp³-hybridized carbons (Fsp3) is 0. The van der Waals surface area contributed by atoms with E-state index < -0.39 is 5.82 Å². The number of nitriles is 1. The summed E-state index contributed by atoms with van der Waals surface area (Å²) in [6.45, 7) is 0. The Kier molecular flexibility index (Phi) is 3.17. The molecule has 0 amide bonds. The number of rotatable bonds is 2. The molecule has 0 heterocycles. The van der Waals surface area contributed by atoms with E-state index in [1.807, 2.05) is 6.07 Å². The number of aromatic hydroxyl groups is 1. The van der Waals surface area contributed by atoms with Gasteiger partial charge in [-0.15, -0.1) is 0 Å². The third-order valence-corrected chi connectivity index (χ3v) is 3.11. The molecule has 1 N–H and O–H groups in total. The predicted octanol–water partition coefficient (Wildman–Crippen LogP) is 4.35. The van der Waals surface area contributed by atoms with E-state index in [0.29, 0.717) is 5.75 Å². The zero-order valence-corrected chi connectivity index (χ0v) is 10.9. The van der Waals surface area contributed by atoms with Crippen LogP contribution in [0.1, 0.15) is 5.56 Å². The largest absolute Gasteiger partial charge is 0.508 e. The van der Waals surface area contributed by atoms with Crippen molar-refractivity contribution in [3.05, 3.63) is 66.0 Å². The summed E-state index contributed by atoms with van der Waals surface area (Å²) in [6.07, 6.45) is 0. The fourth-order valence-electron chi connectivity index (χ4n) is 2.10. The highest BCUT2D eigenvalue weighted by Crippen LogP contribution is 2.30. The van der Waals surface area contributed by atoms with Crippen LogP contribution in [0.15, 0.2) is 54.6 Å². The van der Waals surface area contributed by atoms with Gasteiger partial charge in [0, 0.05) is 0 Å². The first-order valence-electron chi connectivity index (χ1n) is 6.26. The third kappa shape index (κ3) is 2.49. The van der Waals surface area contributed by atoms with Gasteiger partial charge in [0.2, 0.25) is 0 Å². The molecule has 0 aliphatic rings. The molecule has 0 aliphatic heterocycles. The van der Waals surface area contributed by atoms with E-state index in [2.05, 4.69) is 0 Å². The maximum absolute atomic E-state index is 13.5. The summed E-state index contributed by atoms with van der Waals surface area (Å²) in [5.41, 5.74) is -0.131. The monoisotopic (exact) mass is 279 g/mol. The molecule has 3 aromatic rings. The van der Waals surface area contributed by atoms with Gasteiger partial charge < -0.3 is 9.84 Å². The lowest BCUT2D eigenvalue weighted by Crippen LogP contribution is -1.91. The molecule has 0 aromatic heterocycles. The van der Waals surface area contributed by atoms with Crippen LogP contribution in [0.4, 0.5) is 4.39 Å². The highest BCUT2D eigenvalue weighted by molar-refractivity contribution is 5.85. The number of hydrogen-bond acceptors (Lipinski definition) is 3. The second-order valence-electron chi connectivity index (χ2n) is 4.52. The number of hydrogen-bond donors (Lipinski definition) is 1. The highest BCUT2D eigenvalue weighted by Gasteiger charge is 2.10. The minimum absolute atomic E-state index is 0.131. The minimum atomic E-state index is -0.617. The van der Waals surface area contributed by atoms with Crippen LogP contribution < -0.4 is 4.74 Å². The number of ether oxygens (including phenoxy) is 1. The second kappa shape index (κ2) is 5.14. The number of fused-ring (bicyclic) bond motifs is 1. The molecule has 3 aromatic carbocycles. The van der Waals surface area contributed by atoms with Crippen molar-refractivity contribution >= 4 is 10.8 Å². The first kappa shape index (κ1) is 12.9. The lowest BCUT2D eigenvalue weighted by molar-refractivity contribution is 0.474. The van der Waals surface area contributed by atoms with Gasteiger partial charge in [0.05, 0.1) is 0 Å². The van der Waals surface area contributed by atoms with Crippen LogP contribution in [-0.2, 0) is 0 Å². The van der Waals surface area contributed by atoms with Gasteiger partial charge in [-0.3, -0.25) is 0 Å². The van der Waals surface area contributed by atoms with Crippen LogP contribution in [0.25, 0.3) is 10.8 Å². The third-order valence-electron chi connectivity index (χ3n) is 3.11. The Labute approximate surface area is 120 Å². The lowest BCUT2D eigenvalue weighted by Gasteiger charge is -2.09. The summed E-state index contributed by atoms with van der Waals surface area (Å²) in [5, 5.41) is 20.2. The summed E-state index contributed by atoms with van der Waals surface area (Å²) < 4.78 is 19.1. The van der Waals surface area contributed by atoms with Gasteiger partial charge in [0.15, 0.2) is 0 Å². The predicted molar refractivity (Wildman–Crippen MR) is 76.8 cm³/mol. The molecule has 4 heteroatoms. The van der Waals surface area contributed by atoms with Crippen LogP contribution in [0.5, 0.6) is 17.2 Å². The van der Waals surface area contributed by atoms with Crippen LogP contribution in [0, 0.1) is 17.1 Å². The molecule has 0 spiro atoms. The number of phenols is 1. The molecule has 0 saturated heterocycles. The molecule has 0 fully saturated rings. The summed E-state index contributed by atoms with van der Waals surface area (Å²) >= 11 is 0. The van der Waals surface area contributed by atoms with Gasteiger partial charge >= 0.3 is 0 Å². The Morgan fingerprint density at radius 2 is 1.81 bits per heavy atom. The van der Waals surface area contributed by atoms with E-state index in [1.165, 1.54) is 18.2 Å². The number of halogens is 1. The van der Waals surface area contributed by atoms with Crippen molar-refractivity contribution in [2.24, 2.45) is 0 Å². The fourth-order valence-corrected chi connectivity index (χ4v) is 2.10. The molecule has 3 rings (SSSR count). The second-order valence-corrected chi connectivity index (χ2v) is 4.52. The van der Waals surface area contributed by atoms with Crippen molar-refractivity contribution < 1.29 is 14.2 Å². The van der Waals surface area contributed by atoms with Gasteiger partial charge in [-0.25, -0.2) is 4.39 Å². The molecular formula is C17H10FNO2. The molecule has 0 saturated carbocycles. The quantitative estimate of drug-likeness (QED) is 0.758. The first-order chi connectivity index (χ1) is 10.2. The van der Waals surface area contributed by atoms with Gasteiger partial charge in [0.1, 0.15) is 34.7 Å². The van der Waals surface area contributed by atoms with E-state index in [-0.39, 0.29) is 17.1 Å². The number of nitrogens with zero attached hydrogens (tertiary/aromatic N) is 1. The van der Waals surface area contributed by atoms with E-state index in [4.69, 9.17) is 10.00 Å². The van der Waals surface area contributed by atoms with Crippen molar-refractivity contribution in [1.29, 1.82) is 5.26 Å². The maximum atomic E-state index is 13.5. The molecular weight excluding hydrogens is 269 g/mol. The Morgan fingerprint density at radius 1 is 1.00 bits per heavy atom. The molecule has 0 radical (unpaired) electrons. The first-order valence-corrected chi connectivity index (χ1v) is 6.26. The topological polar surface area (TPSA) is 53.2 Å². The van der Waals surface area contributed by atoms with Gasteiger partial charge in [0.25, 0.3) is 0 Å². The van der Waals surface area contributed by atoms with Crippen molar-refractivity contribution in [3.63, 3.8) is 0 Å². The van der Waals surface area contributed by atoms with E-state index in [0.717, 1.165) is 10.8 Å². The van der Waals surface area contributed by atoms with E-state index in [9.17, 15) is 9.50 Å². The number of benzene rings is 3. The Morgan fingerprint density at radius 3 is 2.62 bits per heavy atom. The standard InChI is InChI=1S/C17H10FNO2/c18-16-2-1-3-17(15(16)10-19)21-14-7-5-11-4-6-13(20)8-12(11)9-14/h1-9,20H. The van der Waals surface area contributed by atoms with Crippen LogP contribution in [0.3, 0.4) is 0 Å². The average Bonchev–Trinajstić information content (AvgIpc) is 2.47. The molecule has 102 valence electrons. The molecule has 0 bridgehead atoms. The van der Waals surface area contributed by atoms with Crippen LogP contribution >= 0.6 is 0 Å². The Balaban J connectivity index is 2.03. The van der Waals surface area contributed by atoms with E-state index in [1.54, 1.807) is 36.4 Å². The van der Waals surface area contributed by atoms with Crippen molar-refractivity contribution in [1.82, 2.24) is 0 Å². The summed E-state index contributed by atoms with van der Waals surface area (Å²) in [5.74, 6) is 0.170. The molecule has 0 unspecified atom stereocenters. The lowest BCUT2D eigenvalue weighted by atomic mass is 10.1. The zero-order valence-electron chi connectivity index (χ0n) is 10.9. The van der Waals surface area contributed by atoms with Gasteiger partial charge in [-0.05, 0) is 47.2 Å². The Bertz CT molecular complexity index is 868. The van der Waals surface area contributed by atoms with Gasteiger partial charge in [-0.1, -0.05) is 18.2 Å². The van der Waals surface area contributed by atoms with Crippen molar-refractivity contribution in [2.75, 3.05) is 0 Å². The zero-order chi connectivity index (χ0) is 14.8. The summed E-state index contributed by atoms with van der Waals surface area (Å²) in [7, 11) is 0. The molecule has 0 aliphatic carbocycles. The van der Waals surface area contributed by atoms with Gasteiger partial charge in [-0.2, -0.15) is 5.26 Å². The molecule has 0 atom stereocenters. The SMILES string of the molecule is N#Cc1c(F)cccc1Oc1ccc2ccc(O)cc2c1. The normalized spacial score (nSPS) is 10.3. The minimum Gasteiger partial charge on any atom is -0.508 e. The van der Waals surface area contributed by atoms with E-state index >= 15 is 0 Å². The van der Waals surface area contributed by atoms with Crippen LogP contribution in [-0.4, -0.2) is 5.11 Å². The summed E-state index contributed by atoms with van der Waals surface area (Å²) in [6, 6.07) is 16.3. The smallest absolute Gasteiger partial charge is 0.148 e. The molecule has 3 nitrogen and oxygen atoms in total. The van der Waals surface area contributed by atoms with Crippen molar-refractivity contribution in [2.45, 2.75) is 0 Å². The number of phenolic OH excluding ortho intramolecular Hbond substituents is 1. The average molecular weight is 279 g/mol. The summed E-state index contributed by atoms with van der Waals surface area (Å²) in [4.78, 5) is 0. The maximum Gasteiger partial charge on any atom is 0.148 e. The van der Waals surface area contributed by atoms with Crippen LogP contribution in [0.2, 0.25) is 0 Å².